The third-order valence-corrected chi connectivity index (χ3v) is 7.77. The predicted molar refractivity (Wildman–Crippen MR) is 131 cm³/mol. The molecule has 168 valence electrons. The summed E-state index contributed by atoms with van der Waals surface area (Å²) >= 11 is 6.74. The second-order valence-electron chi connectivity index (χ2n) is 8.68. The molecule has 0 saturated carbocycles. The van der Waals surface area contributed by atoms with Crippen molar-refractivity contribution in [3.05, 3.63) is 45.2 Å². The van der Waals surface area contributed by atoms with Crippen molar-refractivity contribution in [2.45, 2.75) is 38.7 Å². The van der Waals surface area contributed by atoms with Crippen LogP contribution in [0.25, 0.3) is 11.7 Å². The summed E-state index contributed by atoms with van der Waals surface area (Å²) < 4.78 is 7.74. The minimum Gasteiger partial charge on any atom is -0.376 e. The van der Waals surface area contributed by atoms with Gasteiger partial charge in [-0.3, -0.25) is 18.9 Å². The molecular weight excluding hydrogens is 444 g/mol. The summed E-state index contributed by atoms with van der Waals surface area (Å²) in [4.78, 5) is 35.7. The van der Waals surface area contributed by atoms with E-state index in [4.69, 9.17) is 21.9 Å². The Kier molecular flexibility index (Phi) is 6.05. The monoisotopic (exact) mass is 470 g/mol. The first kappa shape index (κ1) is 21.6. The van der Waals surface area contributed by atoms with Crippen LogP contribution in [-0.4, -0.2) is 56.9 Å². The lowest BCUT2D eigenvalue weighted by Gasteiger charge is -2.32. The number of hydrogen-bond acceptors (Lipinski definition) is 7. The normalized spacial score (nSPS) is 23.8. The molecule has 0 N–H and O–H groups in total. The van der Waals surface area contributed by atoms with Gasteiger partial charge in [0.15, 0.2) is 0 Å². The van der Waals surface area contributed by atoms with E-state index in [0.29, 0.717) is 38.7 Å². The van der Waals surface area contributed by atoms with E-state index >= 15 is 0 Å². The van der Waals surface area contributed by atoms with Gasteiger partial charge >= 0.3 is 0 Å². The minimum absolute atomic E-state index is 0.0238. The molecule has 0 spiro atoms. The predicted octanol–water partition coefficient (Wildman–Crippen LogP) is 3.31. The Morgan fingerprint density at radius 2 is 2.06 bits per heavy atom. The highest BCUT2D eigenvalue weighted by atomic mass is 32.2. The molecule has 0 bridgehead atoms. The molecule has 3 aliphatic heterocycles. The van der Waals surface area contributed by atoms with Crippen molar-refractivity contribution in [3.8, 4) is 0 Å². The molecule has 5 heterocycles. The number of carbonyl (C=O) groups is 1. The fourth-order valence-electron chi connectivity index (χ4n) is 4.46. The van der Waals surface area contributed by atoms with Crippen LogP contribution in [0.15, 0.2) is 34.1 Å². The number of hydrogen-bond donors (Lipinski definition) is 0. The Labute approximate surface area is 196 Å². The largest absolute Gasteiger partial charge is 0.376 e. The molecule has 0 aliphatic carbocycles. The molecule has 1 atom stereocenters. The topological polar surface area (TPSA) is 67.2 Å². The highest BCUT2D eigenvalue weighted by Crippen LogP contribution is 2.35. The molecule has 3 saturated heterocycles. The number of fused-ring (bicyclic) bond motifs is 1. The molecule has 2 aromatic heterocycles. The van der Waals surface area contributed by atoms with Gasteiger partial charge in [-0.2, -0.15) is 0 Å². The van der Waals surface area contributed by atoms with Crippen LogP contribution >= 0.6 is 24.0 Å². The average molecular weight is 471 g/mol. The number of amides is 1. The van der Waals surface area contributed by atoms with Crippen molar-refractivity contribution in [1.29, 1.82) is 0 Å². The number of nitrogens with zero attached hydrogens (tertiary/aromatic N) is 4. The first-order valence-electron chi connectivity index (χ1n) is 11.1. The average Bonchev–Trinajstić information content (AvgIpc) is 3.40. The number of rotatable bonds is 4. The van der Waals surface area contributed by atoms with Crippen LogP contribution in [0.1, 0.15) is 38.2 Å². The van der Waals surface area contributed by atoms with Crippen molar-refractivity contribution in [2.75, 3.05) is 31.1 Å². The smallest absolute Gasteiger partial charge is 0.267 e. The maximum Gasteiger partial charge on any atom is 0.267 e. The van der Waals surface area contributed by atoms with Crippen molar-refractivity contribution in [1.82, 2.24) is 14.3 Å². The molecule has 32 heavy (non-hydrogen) atoms. The number of aromatic nitrogens is 2. The van der Waals surface area contributed by atoms with E-state index in [1.54, 1.807) is 17.2 Å². The highest BCUT2D eigenvalue weighted by molar-refractivity contribution is 8.26. The Morgan fingerprint density at radius 1 is 1.25 bits per heavy atom. The summed E-state index contributed by atoms with van der Waals surface area (Å²) in [5.41, 5.74) is 0.878. The van der Waals surface area contributed by atoms with Crippen LogP contribution < -0.4 is 10.5 Å². The lowest BCUT2D eigenvalue weighted by atomic mass is 9.99. The third kappa shape index (κ3) is 4.09. The summed E-state index contributed by atoms with van der Waals surface area (Å²) in [6.07, 6.45) is 7.48. The van der Waals surface area contributed by atoms with Crippen LogP contribution in [-0.2, 0) is 9.53 Å². The van der Waals surface area contributed by atoms with E-state index < -0.39 is 0 Å². The zero-order valence-electron chi connectivity index (χ0n) is 18.0. The second kappa shape index (κ2) is 8.96. The maximum absolute atomic E-state index is 13.5. The number of piperidine rings is 1. The molecule has 1 amide bonds. The first-order chi connectivity index (χ1) is 15.5. The number of thioether (sulfide) groups is 1. The van der Waals surface area contributed by atoms with Crippen molar-refractivity contribution < 1.29 is 9.53 Å². The highest BCUT2D eigenvalue weighted by Gasteiger charge is 2.35. The van der Waals surface area contributed by atoms with E-state index in [9.17, 15) is 9.59 Å². The van der Waals surface area contributed by atoms with Crippen molar-refractivity contribution >= 4 is 51.7 Å². The molecule has 3 fully saturated rings. The summed E-state index contributed by atoms with van der Waals surface area (Å²) in [5.74, 6) is 1.15. The molecular formula is C23H26N4O3S2. The Balaban J connectivity index is 1.54. The van der Waals surface area contributed by atoms with Gasteiger partial charge in [0, 0.05) is 25.9 Å². The standard InChI is InChI=1S/C23H26N4O3S2/c1-15-7-10-25(11-8-15)20-17(21(28)26-9-3-2-6-19(26)24-20)13-18-22(29)27(23(31)32-18)14-16-5-4-12-30-16/h2-3,6,9,13,15-16H,4-5,7-8,10-12,14H2,1H3/b18-13-. The maximum atomic E-state index is 13.5. The third-order valence-electron chi connectivity index (χ3n) is 6.39. The van der Waals surface area contributed by atoms with Gasteiger partial charge < -0.3 is 9.64 Å². The molecule has 9 heteroatoms. The van der Waals surface area contributed by atoms with Crippen LogP contribution in [0.5, 0.6) is 0 Å². The Morgan fingerprint density at radius 3 is 2.81 bits per heavy atom. The van der Waals surface area contributed by atoms with Gasteiger partial charge in [0.25, 0.3) is 11.5 Å². The van der Waals surface area contributed by atoms with E-state index in [1.165, 1.54) is 16.2 Å². The molecule has 1 unspecified atom stereocenters. The van der Waals surface area contributed by atoms with Crippen molar-refractivity contribution in [2.24, 2.45) is 5.92 Å². The van der Waals surface area contributed by atoms with E-state index in [-0.39, 0.29) is 17.6 Å². The SMILES string of the molecule is CC1CCN(c2nc3ccccn3c(=O)c2/C=C2\SC(=S)N(CC3CCCO3)C2=O)CC1. The summed E-state index contributed by atoms with van der Waals surface area (Å²) in [7, 11) is 0. The Hall–Kier alpha value is -2.23. The number of carbonyl (C=O) groups excluding carboxylic acids is 1. The van der Waals surface area contributed by atoms with Gasteiger partial charge in [-0.15, -0.1) is 0 Å². The van der Waals surface area contributed by atoms with E-state index in [0.717, 1.165) is 45.4 Å². The van der Waals surface area contributed by atoms with E-state index in [1.807, 2.05) is 18.2 Å². The van der Waals surface area contributed by atoms with Crippen LogP contribution in [0.3, 0.4) is 0 Å². The lowest BCUT2D eigenvalue weighted by molar-refractivity contribution is -0.123. The minimum atomic E-state index is -0.173. The first-order valence-corrected chi connectivity index (χ1v) is 12.4. The lowest BCUT2D eigenvalue weighted by Crippen LogP contribution is -2.36. The van der Waals surface area contributed by atoms with Crippen molar-refractivity contribution in [3.63, 3.8) is 0 Å². The van der Waals surface area contributed by atoms with Gasteiger partial charge in [-0.25, -0.2) is 4.98 Å². The number of ether oxygens (including phenoxy) is 1. The van der Waals surface area contributed by atoms with Crippen LogP contribution in [0, 0.1) is 5.92 Å². The van der Waals surface area contributed by atoms with Gasteiger partial charge in [-0.1, -0.05) is 37.0 Å². The second-order valence-corrected chi connectivity index (χ2v) is 10.4. The fourth-order valence-corrected chi connectivity index (χ4v) is 5.72. The molecule has 0 radical (unpaired) electrons. The molecule has 7 nitrogen and oxygen atoms in total. The zero-order valence-corrected chi connectivity index (χ0v) is 19.7. The Bertz CT molecular complexity index is 1150. The number of pyridine rings is 1. The van der Waals surface area contributed by atoms with Gasteiger partial charge in [0.2, 0.25) is 0 Å². The molecule has 2 aromatic rings. The molecule has 0 aromatic carbocycles. The van der Waals surface area contributed by atoms with Gasteiger partial charge in [0.1, 0.15) is 15.8 Å². The summed E-state index contributed by atoms with van der Waals surface area (Å²) in [6, 6.07) is 5.52. The molecule has 5 rings (SSSR count). The zero-order chi connectivity index (χ0) is 22.2. The fraction of sp³-hybridized carbons (Fsp3) is 0.478. The summed E-state index contributed by atoms with van der Waals surface area (Å²) in [6.45, 7) is 5.13. The van der Waals surface area contributed by atoms with Gasteiger partial charge in [0.05, 0.1) is 23.1 Å². The number of anilines is 1. The van der Waals surface area contributed by atoms with E-state index in [2.05, 4.69) is 11.8 Å². The number of thiocarbonyl (C=S) groups is 1. The van der Waals surface area contributed by atoms with Gasteiger partial charge in [-0.05, 0) is 49.8 Å². The van der Waals surface area contributed by atoms with Crippen LogP contribution in [0.2, 0.25) is 0 Å². The molecule has 3 aliphatic rings. The quantitative estimate of drug-likeness (QED) is 0.502. The van der Waals surface area contributed by atoms with Crippen LogP contribution in [0.4, 0.5) is 5.82 Å². The summed E-state index contributed by atoms with van der Waals surface area (Å²) in [5, 5.41) is 0.